The van der Waals surface area contributed by atoms with Gasteiger partial charge in [-0.25, -0.2) is 0 Å². The summed E-state index contributed by atoms with van der Waals surface area (Å²) in [7, 11) is 1.65. The molecule has 2 heterocycles. The van der Waals surface area contributed by atoms with Crippen LogP contribution in [-0.4, -0.2) is 37.2 Å². The van der Waals surface area contributed by atoms with Gasteiger partial charge in [0.15, 0.2) is 0 Å². The Labute approximate surface area is 161 Å². The van der Waals surface area contributed by atoms with Gasteiger partial charge in [-0.05, 0) is 43.2 Å². The molecule has 2 aromatic carbocycles. The number of para-hydroxylation sites is 1. The minimum atomic E-state index is -0.311. The van der Waals surface area contributed by atoms with E-state index in [2.05, 4.69) is 21.2 Å². The lowest BCUT2D eigenvalue weighted by molar-refractivity contribution is 0.0424. The third-order valence-corrected chi connectivity index (χ3v) is 5.43. The summed E-state index contributed by atoms with van der Waals surface area (Å²) >= 11 is 3.54. The highest BCUT2D eigenvalue weighted by atomic mass is 79.9. The van der Waals surface area contributed by atoms with Crippen LogP contribution in [0.2, 0.25) is 0 Å². The third kappa shape index (κ3) is 3.19. The van der Waals surface area contributed by atoms with Gasteiger partial charge in [0.05, 0.1) is 18.8 Å². The maximum Gasteiger partial charge on any atom is 0.257 e. The smallest absolute Gasteiger partial charge is 0.257 e. The highest BCUT2D eigenvalue weighted by Gasteiger charge is 2.36. The normalized spacial score (nSPS) is 22.1. The largest absolute Gasteiger partial charge is 0.496 e. The maximum atomic E-state index is 13.3. The zero-order valence-electron chi connectivity index (χ0n) is 14.6. The molecule has 6 heteroatoms. The molecule has 0 aromatic heterocycles. The number of halogens is 1. The molecule has 1 fully saturated rings. The average molecular weight is 417 g/mol. The van der Waals surface area contributed by atoms with Gasteiger partial charge < -0.3 is 19.7 Å². The molecule has 5 nitrogen and oxygen atoms in total. The van der Waals surface area contributed by atoms with Gasteiger partial charge >= 0.3 is 0 Å². The van der Waals surface area contributed by atoms with Gasteiger partial charge in [0.2, 0.25) is 0 Å². The van der Waals surface area contributed by atoms with Gasteiger partial charge in [-0.15, -0.1) is 0 Å². The highest BCUT2D eigenvalue weighted by Crippen LogP contribution is 2.38. The molecule has 4 rings (SSSR count). The van der Waals surface area contributed by atoms with Crippen LogP contribution in [0.3, 0.4) is 0 Å². The van der Waals surface area contributed by atoms with Crippen molar-refractivity contribution in [1.82, 2.24) is 4.90 Å². The number of nitrogens with one attached hydrogen (secondary N) is 1. The van der Waals surface area contributed by atoms with E-state index in [0.29, 0.717) is 12.1 Å². The second-order valence-corrected chi connectivity index (χ2v) is 7.49. The van der Waals surface area contributed by atoms with Crippen LogP contribution in [0.25, 0.3) is 0 Å². The van der Waals surface area contributed by atoms with Gasteiger partial charge in [0.25, 0.3) is 5.91 Å². The van der Waals surface area contributed by atoms with Crippen LogP contribution in [0.5, 0.6) is 5.75 Å². The van der Waals surface area contributed by atoms with Gasteiger partial charge in [0, 0.05) is 28.9 Å². The number of anilines is 1. The van der Waals surface area contributed by atoms with Crippen LogP contribution >= 0.6 is 15.9 Å². The number of carbonyl (C=O) groups excluding carboxylic acids is 1. The minimum absolute atomic E-state index is 0.0156. The average Bonchev–Trinajstić information content (AvgIpc) is 3.17. The van der Waals surface area contributed by atoms with E-state index in [1.807, 2.05) is 47.4 Å². The first-order valence-electron chi connectivity index (χ1n) is 8.79. The SMILES string of the molecule is COc1ccc(Br)cc1[C@H]1Nc2ccccc2C(=O)N1C[C@@H]1CCCO1. The summed E-state index contributed by atoms with van der Waals surface area (Å²) in [4.78, 5) is 15.1. The molecule has 0 unspecified atom stereocenters. The molecule has 2 atom stereocenters. The molecular formula is C20H21BrN2O3. The molecule has 2 aliphatic heterocycles. The van der Waals surface area contributed by atoms with E-state index >= 15 is 0 Å². The second-order valence-electron chi connectivity index (χ2n) is 6.57. The zero-order chi connectivity index (χ0) is 18.1. The number of hydrogen-bond donors (Lipinski definition) is 1. The molecule has 2 aromatic rings. The van der Waals surface area contributed by atoms with Crippen LogP contribution in [0.1, 0.15) is 34.9 Å². The lowest BCUT2D eigenvalue weighted by Gasteiger charge is -2.39. The van der Waals surface area contributed by atoms with E-state index in [1.165, 1.54) is 0 Å². The molecule has 2 aliphatic rings. The Balaban J connectivity index is 1.77. The first-order valence-corrected chi connectivity index (χ1v) is 9.58. The predicted molar refractivity (Wildman–Crippen MR) is 104 cm³/mol. The fourth-order valence-electron chi connectivity index (χ4n) is 3.65. The Kier molecular flexibility index (Phi) is 4.87. The number of nitrogens with zero attached hydrogens (tertiary/aromatic N) is 1. The molecular weight excluding hydrogens is 396 g/mol. The van der Waals surface area contributed by atoms with E-state index in [-0.39, 0.29) is 18.2 Å². The number of ether oxygens (including phenoxy) is 2. The first kappa shape index (κ1) is 17.4. The van der Waals surface area contributed by atoms with Crippen LogP contribution < -0.4 is 10.1 Å². The van der Waals surface area contributed by atoms with Crippen molar-refractivity contribution in [2.24, 2.45) is 0 Å². The summed E-state index contributed by atoms with van der Waals surface area (Å²) in [5.74, 6) is 0.761. The highest BCUT2D eigenvalue weighted by molar-refractivity contribution is 9.10. The van der Waals surface area contributed by atoms with Gasteiger partial charge in [-0.1, -0.05) is 28.1 Å². The molecule has 26 heavy (non-hydrogen) atoms. The van der Waals surface area contributed by atoms with Crippen molar-refractivity contribution in [3.8, 4) is 5.75 Å². The predicted octanol–water partition coefficient (Wildman–Crippen LogP) is 4.20. The minimum Gasteiger partial charge on any atom is -0.496 e. The van der Waals surface area contributed by atoms with E-state index in [4.69, 9.17) is 9.47 Å². The number of benzene rings is 2. The Morgan fingerprint density at radius 2 is 2.15 bits per heavy atom. The number of hydrogen-bond acceptors (Lipinski definition) is 4. The molecule has 1 N–H and O–H groups in total. The molecule has 136 valence electrons. The number of carbonyl (C=O) groups is 1. The van der Waals surface area contributed by atoms with Gasteiger partial charge in [0.1, 0.15) is 11.9 Å². The van der Waals surface area contributed by atoms with Crippen molar-refractivity contribution in [3.05, 3.63) is 58.1 Å². The summed E-state index contributed by atoms with van der Waals surface area (Å²) in [6, 6.07) is 13.5. The monoisotopic (exact) mass is 416 g/mol. The van der Waals surface area contributed by atoms with Crippen molar-refractivity contribution in [2.45, 2.75) is 25.1 Å². The molecule has 1 saturated heterocycles. The van der Waals surface area contributed by atoms with E-state index < -0.39 is 0 Å². The lowest BCUT2D eigenvalue weighted by atomic mass is 10.0. The Morgan fingerprint density at radius 1 is 1.31 bits per heavy atom. The zero-order valence-corrected chi connectivity index (χ0v) is 16.2. The molecule has 0 bridgehead atoms. The van der Waals surface area contributed by atoms with Crippen LogP contribution in [0.4, 0.5) is 5.69 Å². The van der Waals surface area contributed by atoms with E-state index in [0.717, 1.165) is 40.9 Å². The summed E-state index contributed by atoms with van der Waals surface area (Å²) < 4.78 is 12.3. The third-order valence-electron chi connectivity index (χ3n) is 4.93. The molecule has 0 spiro atoms. The summed E-state index contributed by atoms with van der Waals surface area (Å²) in [6.45, 7) is 1.32. The fraction of sp³-hybridized carbons (Fsp3) is 0.350. The fourth-order valence-corrected chi connectivity index (χ4v) is 4.03. The van der Waals surface area contributed by atoms with Crippen molar-refractivity contribution in [1.29, 1.82) is 0 Å². The summed E-state index contributed by atoms with van der Waals surface area (Å²) in [6.07, 6.45) is 1.79. The number of rotatable bonds is 4. The van der Waals surface area contributed by atoms with Crippen molar-refractivity contribution >= 4 is 27.5 Å². The second kappa shape index (κ2) is 7.29. The summed E-state index contributed by atoms with van der Waals surface area (Å²) in [5, 5.41) is 3.52. The Hall–Kier alpha value is -2.05. The van der Waals surface area contributed by atoms with E-state index in [9.17, 15) is 4.79 Å². The number of amides is 1. The quantitative estimate of drug-likeness (QED) is 0.810. The van der Waals surface area contributed by atoms with Crippen LogP contribution in [-0.2, 0) is 4.74 Å². The standard InChI is InChI=1S/C20H21BrN2O3/c1-25-18-9-8-13(21)11-16(18)19-22-17-7-3-2-6-15(17)20(24)23(19)12-14-5-4-10-26-14/h2-3,6-9,11,14,19,22H,4-5,10,12H2,1H3/t14-,19-/m0/s1. The van der Waals surface area contributed by atoms with Gasteiger partial charge in [-0.2, -0.15) is 0 Å². The van der Waals surface area contributed by atoms with Crippen molar-refractivity contribution < 1.29 is 14.3 Å². The van der Waals surface area contributed by atoms with Crippen molar-refractivity contribution in [2.75, 3.05) is 25.6 Å². The van der Waals surface area contributed by atoms with Crippen LogP contribution in [0, 0.1) is 0 Å². The molecule has 1 amide bonds. The molecule has 0 radical (unpaired) electrons. The van der Waals surface area contributed by atoms with Gasteiger partial charge in [-0.3, -0.25) is 4.79 Å². The Bertz CT molecular complexity index is 820. The summed E-state index contributed by atoms with van der Waals surface area (Å²) in [5.41, 5.74) is 2.45. The number of fused-ring (bicyclic) bond motifs is 1. The molecule has 0 aliphatic carbocycles. The lowest BCUT2D eigenvalue weighted by Crippen LogP contribution is -2.46. The van der Waals surface area contributed by atoms with Crippen molar-refractivity contribution in [3.63, 3.8) is 0 Å². The van der Waals surface area contributed by atoms with Crippen LogP contribution in [0.15, 0.2) is 46.9 Å². The first-order chi connectivity index (χ1) is 12.7. The maximum absolute atomic E-state index is 13.3. The number of methoxy groups -OCH3 is 1. The topological polar surface area (TPSA) is 50.8 Å². The Morgan fingerprint density at radius 3 is 2.92 bits per heavy atom. The molecule has 0 saturated carbocycles. The van der Waals surface area contributed by atoms with E-state index in [1.54, 1.807) is 7.11 Å².